The fourth-order valence-electron chi connectivity index (χ4n) is 2.83. The second kappa shape index (κ2) is 5.42. The first-order chi connectivity index (χ1) is 10.6. The van der Waals surface area contributed by atoms with Gasteiger partial charge in [0.05, 0.1) is 18.5 Å². The predicted octanol–water partition coefficient (Wildman–Crippen LogP) is 2.45. The van der Waals surface area contributed by atoms with Gasteiger partial charge in [-0.1, -0.05) is 12.1 Å². The molecule has 2 aromatic carbocycles. The van der Waals surface area contributed by atoms with Crippen molar-refractivity contribution in [2.75, 3.05) is 36.7 Å². The quantitative estimate of drug-likeness (QED) is 0.809. The molecule has 116 valence electrons. The van der Waals surface area contributed by atoms with Gasteiger partial charge in [-0.2, -0.15) is 0 Å². The molecule has 0 aliphatic carbocycles. The summed E-state index contributed by atoms with van der Waals surface area (Å²) in [6.07, 6.45) is 0.692. The Balaban J connectivity index is 1.84. The lowest BCUT2D eigenvalue weighted by Gasteiger charge is -2.34. The molecular weight excluding hydrogens is 276 g/mol. The lowest BCUT2D eigenvalue weighted by atomic mass is 10.1. The molecule has 2 aromatic rings. The highest BCUT2D eigenvalue weighted by Gasteiger charge is 2.37. The van der Waals surface area contributed by atoms with Crippen LogP contribution < -0.4 is 26.0 Å². The Morgan fingerprint density at radius 2 is 1.95 bits per heavy atom. The van der Waals surface area contributed by atoms with Crippen molar-refractivity contribution in [2.45, 2.75) is 12.2 Å². The molecule has 4 N–H and O–H groups in total. The van der Waals surface area contributed by atoms with Gasteiger partial charge in [-0.25, -0.2) is 0 Å². The summed E-state index contributed by atoms with van der Waals surface area (Å²) in [5, 5.41) is 6.59. The largest absolute Gasteiger partial charge is 0.497 e. The molecule has 3 rings (SSSR count). The predicted molar refractivity (Wildman–Crippen MR) is 91.6 cm³/mol. The average Bonchev–Trinajstić information content (AvgIpc) is 2.78. The molecule has 0 amide bonds. The fraction of sp³-hybridized carbons (Fsp3) is 0.294. The van der Waals surface area contributed by atoms with Crippen LogP contribution in [0.25, 0.3) is 0 Å². The maximum atomic E-state index is 6.61. The summed E-state index contributed by atoms with van der Waals surface area (Å²) in [6, 6.07) is 14.2. The van der Waals surface area contributed by atoms with E-state index in [1.165, 1.54) is 0 Å². The third kappa shape index (κ3) is 2.44. The van der Waals surface area contributed by atoms with E-state index in [2.05, 4.69) is 33.7 Å². The van der Waals surface area contributed by atoms with Crippen molar-refractivity contribution in [2.24, 2.45) is 5.73 Å². The summed E-state index contributed by atoms with van der Waals surface area (Å²) in [6.45, 7) is 0. The molecular formula is C17H22N4O. The summed E-state index contributed by atoms with van der Waals surface area (Å²) in [4.78, 5) is 2.09. The Hall–Kier alpha value is -2.40. The smallest absolute Gasteiger partial charge is 0.168 e. The molecule has 0 saturated carbocycles. The maximum absolute atomic E-state index is 6.61. The minimum atomic E-state index is -0.636. The van der Waals surface area contributed by atoms with E-state index in [1.807, 2.05) is 38.4 Å². The minimum absolute atomic E-state index is 0.636. The van der Waals surface area contributed by atoms with Gasteiger partial charge in [0.15, 0.2) is 5.79 Å². The van der Waals surface area contributed by atoms with Gasteiger partial charge in [-0.05, 0) is 35.9 Å². The molecule has 0 fully saturated rings. The van der Waals surface area contributed by atoms with E-state index in [0.717, 1.165) is 28.4 Å². The highest BCUT2D eigenvalue weighted by atomic mass is 16.5. The van der Waals surface area contributed by atoms with Crippen LogP contribution in [-0.4, -0.2) is 27.0 Å². The van der Waals surface area contributed by atoms with E-state index in [-0.39, 0.29) is 0 Å². The van der Waals surface area contributed by atoms with Crippen LogP contribution in [0.15, 0.2) is 42.5 Å². The second-order valence-electron chi connectivity index (χ2n) is 5.62. The van der Waals surface area contributed by atoms with Crippen LogP contribution >= 0.6 is 0 Å². The Labute approximate surface area is 131 Å². The summed E-state index contributed by atoms with van der Waals surface area (Å²) < 4.78 is 5.20. The lowest BCUT2D eigenvalue weighted by molar-refractivity contribution is 0.414. The zero-order chi connectivity index (χ0) is 15.7. The van der Waals surface area contributed by atoms with Gasteiger partial charge in [0.2, 0.25) is 0 Å². The molecule has 0 saturated heterocycles. The molecule has 22 heavy (non-hydrogen) atoms. The molecule has 1 unspecified atom stereocenters. The topological polar surface area (TPSA) is 62.6 Å². The highest BCUT2D eigenvalue weighted by Crippen LogP contribution is 2.39. The van der Waals surface area contributed by atoms with Crippen molar-refractivity contribution < 1.29 is 4.74 Å². The third-order valence-electron chi connectivity index (χ3n) is 4.23. The minimum Gasteiger partial charge on any atom is -0.497 e. The molecule has 1 atom stereocenters. The number of likely N-dealkylation sites (N-methyl/N-ethyl adjacent to an activating group) is 1. The van der Waals surface area contributed by atoms with Crippen molar-refractivity contribution >= 4 is 17.1 Å². The lowest BCUT2D eigenvalue weighted by Crippen LogP contribution is -2.58. The number of hydrogen-bond acceptors (Lipinski definition) is 5. The van der Waals surface area contributed by atoms with E-state index in [1.54, 1.807) is 7.11 Å². The van der Waals surface area contributed by atoms with Crippen LogP contribution in [0.1, 0.15) is 5.56 Å². The van der Waals surface area contributed by atoms with Gasteiger partial charge >= 0.3 is 0 Å². The number of nitrogens with two attached hydrogens (primary N) is 1. The van der Waals surface area contributed by atoms with Crippen LogP contribution in [0.4, 0.5) is 17.1 Å². The van der Waals surface area contributed by atoms with Gasteiger partial charge in [0.1, 0.15) is 5.75 Å². The maximum Gasteiger partial charge on any atom is 0.168 e. The van der Waals surface area contributed by atoms with Gasteiger partial charge < -0.3 is 20.3 Å². The summed E-state index contributed by atoms with van der Waals surface area (Å²) >= 11 is 0. The first-order valence-electron chi connectivity index (χ1n) is 7.31. The first-order valence-corrected chi connectivity index (χ1v) is 7.31. The number of nitrogens with zero attached hydrogens (tertiary/aromatic N) is 1. The molecule has 0 bridgehead atoms. The van der Waals surface area contributed by atoms with E-state index >= 15 is 0 Å². The Bertz CT molecular complexity index is 671. The normalized spacial score (nSPS) is 19.5. The number of methoxy groups -OCH3 is 1. The van der Waals surface area contributed by atoms with Gasteiger partial charge in [0.25, 0.3) is 0 Å². The van der Waals surface area contributed by atoms with Crippen LogP contribution in [0, 0.1) is 0 Å². The first kappa shape index (κ1) is 14.5. The van der Waals surface area contributed by atoms with E-state index < -0.39 is 5.79 Å². The number of nitrogens with one attached hydrogen (secondary N) is 2. The van der Waals surface area contributed by atoms with Crippen molar-refractivity contribution in [3.05, 3.63) is 48.0 Å². The summed E-state index contributed by atoms with van der Waals surface area (Å²) in [5.41, 5.74) is 11.0. The standard InChI is InChI=1S/C17H22N4O/c1-19-13-6-9-16-15(10-13)20-17(18,21(16)2)11-12-4-7-14(22-3)8-5-12/h4-10,19-20H,11,18H2,1-3H3. The van der Waals surface area contributed by atoms with Gasteiger partial charge in [0, 0.05) is 26.2 Å². The monoisotopic (exact) mass is 298 g/mol. The molecule has 1 aliphatic heterocycles. The number of fused-ring (bicyclic) bond motifs is 1. The molecule has 0 aromatic heterocycles. The van der Waals surface area contributed by atoms with Crippen LogP contribution in [0.3, 0.4) is 0 Å². The highest BCUT2D eigenvalue weighted by molar-refractivity contribution is 5.80. The van der Waals surface area contributed by atoms with Crippen molar-refractivity contribution in [3.8, 4) is 5.75 Å². The number of hydrogen-bond donors (Lipinski definition) is 3. The van der Waals surface area contributed by atoms with Crippen LogP contribution in [0.5, 0.6) is 5.75 Å². The SMILES string of the molecule is CNc1ccc2c(c1)NC(N)(Cc1ccc(OC)cc1)N2C. The van der Waals surface area contributed by atoms with E-state index in [0.29, 0.717) is 6.42 Å². The summed E-state index contributed by atoms with van der Waals surface area (Å²) in [5.74, 6) is 0.216. The van der Waals surface area contributed by atoms with Crippen LogP contribution in [0.2, 0.25) is 0 Å². The van der Waals surface area contributed by atoms with E-state index in [4.69, 9.17) is 10.5 Å². The Morgan fingerprint density at radius 1 is 1.23 bits per heavy atom. The van der Waals surface area contributed by atoms with Crippen LogP contribution in [-0.2, 0) is 6.42 Å². The van der Waals surface area contributed by atoms with Crippen molar-refractivity contribution in [3.63, 3.8) is 0 Å². The molecule has 1 heterocycles. The zero-order valence-corrected chi connectivity index (χ0v) is 13.2. The zero-order valence-electron chi connectivity index (χ0n) is 13.2. The van der Waals surface area contributed by atoms with Crippen molar-refractivity contribution in [1.82, 2.24) is 0 Å². The molecule has 5 nitrogen and oxygen atoms in total. The van der Waals surface area contributed by atoms with E-state index in [9.17, 15) is 0 Å². The number of benzene rings is 2. The van der Waals surface area contributed by atoms with Crippen molar-refractivity contribution in [1.29, 1.82) is 0 Å². The number of rotatable bonds is 4. The third-order valence-corrected chi connectivity index (χ3v) is 4.23. The average molecular weight is 298 g/mol. The second-order valence-corrected chi connectivity index (χ2v) is 5.62. The molecule has 1 aliphatic rings. The Morgan fingerprint density at radius 3 is 2.59 bits per heavy atom. The number of ether oxygens (including phenoxy) is 1. The summed E-state index contributed by atoms with van der Waals surface area (Å²) in [7, 11) is 5.59. The molecule has 0 radical (unpaired) electrons. The fourth-order valence-corrected chi connectivity index (χ4v) is 2.83. The number of anilines is 3. The molecule has 0 spiro atoms. The Kier molecular flexibility index (Phi) is 3.58. The van der Waals surface area contributed by atoms with Gasteiger partial charge in [-0.3, -0.25) is 5.73 Å². The molecule has 5 heteroatoms. The van der Waals surface area contributed by atoms with Gasteiger partial charge in [-0.15, -0.1) is 0 Å².